The standard InChI is InChI=1S/C21H25F3N6O3/c22-21(23,24)12-1-6-17-16(7-12)19(27-11-26-17)25-8-18(31)28-14-9-30(10-14)15-4-2-13(3-5-15)29-20(32)33/h1,6-7,11,13-15,29H,2-5,8-10H2,(H,28,31)(H,32,33)(H,25,26,27). The van der Waals surface area contributed by atoms with Gasteiger partial charge in [0.2, 0.25) is 5.91 Å². The van der Waals surface area contributed by atoms with Gasteiger partial charge in [-0.1, -0.05) is 0 Å². The number of carbonyl (C=O) groups excluding carboxylic acids is 1. The van der Waals surface area contributed by atoms with E-state index in [0.29, 0.717) is 11.6 Å². The van der Waals surface area contributed by atoms with E-state index in [-0.39, 0.29) is 35.7 Å². The van der Waals surface area contributed by atoms with Crippen LogP contribution in [-0.4, -0.2) is 69.7 Å². The van der Waals surface area contributed by atoms with Crippen LogP contribution in [0.5, 0.6) is 0 Å². The molecule has 2 fully saturated rings. The molecule has 178 valence electrons. The average molecular weight is 466 g/mol. The number of aromatic nitrogens is 2. The molecule has 2 amide bonds. The van der Waals surface area contributed by atoms with E-state index in [0.717, 1.165) is 50.9 Å². The van der Waals surface area contributed by atoms with E-state index in [4.69, 9.17) is 5.11 Å². The normalized spacial score (nSPS) is 21.9. The van der Waals surface area contributed by atoms with E-state index in [9.17, 15) is 22.8 Å². The zero-order chi connectivity index (χ0) is 23.6. The average Bonchev–Trinajstić information content (AvgIpc) is 2.74. The van der Waals surface area contributed by atoms with Gasteiger partial charge in [-0.05, 0) is 43.9 Å². The topological polar surface area (TPSA) is 119 Å². The first-order chi connectivity index (χ1) is 15.7. The second-order valence-electron chi connectivity index (χ2n) is 8.48. The number of hydrogen-bond acceptors (Lipinski definition) is 6. The van der Waals surface area contributed by atoms with Crippen LogP contribution >= 0.6 is 0 Å². The van der Waals surface area contributed by atoms with Gasteiger partial charge in [0.05, 0.1) is 23.7 Å². The third-order valence-electron chi connectivity index (χ3n) is 6.19. The van der Waals surface area contributed by atoms with Crippen molar-refractivity contribution in [2.24, 2.45) is 0 Å². The van der Waals surface area contributed by atoms with Gasteiger partial charge in [0, 0.05) is 30.6 Å². The number of nitrogens with one attached hydrogen (secondary N) is 3. The van der Waals surface area contributed by atoms with Gasteiger partial charge in [0.15, 0.2) is 0 Å². The van der Waals surface area contributed by atoms with Crippen LogP contribution < -0.4 is 16.0 Å². The zero-order valence-corrected chi connectivity index (χ0v) is 17.7. The molecular formula is C21H25F3N6O3. The number of hydrogen-bond donors (Lipinski definition) is 4. The van der Waals surface area contributed by atoms with Gasteiger partial charge < -0.3 is 21.1 Å². The number of carbonyl (C=O) groups is 2. The molecule has 0 unspecified atom stereocenters. The molecule has 0 spiro atoms. The Hall–Kier alpha value is -3.15. The van der Waals surface area contributed by atoms with Crippen LogP contribution in [0.25, 0.3) is 10.9 Å². The molecule has 1 aliphatic heterocycles. The Kier molecular flexibility index (Phi) is 6.54. The quantitative estimate of drug-likeness (QED) is 0.516. The van der Waals surface area contributed by atoms with Gasteiger partial charge in [-0.2, -0.15) is 13.2 Å². The molecule has 12 heteroatoms. The number of rotatable bonds is 6. The first-order valence-corrected chi connectivity index (χ1v) is 10.8. The number of alkyl halides is 3. The van der Waals surface area contributed by atoms with Crippen LogP contribution in [0.2, 0.25) is 0 Å². The fraction of sp³-hybridized carbons (Fsp3) is 0.524. The summed E-state index contributed by atoms with van der Waals surface area (Å²) in [5, 5.41) is 17.3. The van der Waals surface area contributed by atoms with Crippen LogP contribution in [-0.2, 0) is 11.0 Å². The Morgan fingerprint density at radius 3 is 2.45 bits per heavy atom. The molecule has 4 N–H and O–H groups in total. The fourth-order valence-corrected chi connectivity index (χ4v) is 4.48. The van der Waals surface area contributed by atoms with E-state index >= 15 is 0 Å². The lowest BCUT2D eigenvalue weighted by Gasteiger charge is -2.46. The van der Waals surface area contributed by atoms with Crippen LogP contribution in [0, 0.1) is 0 Å². The zero-order valence-electron chi connectivity index (χ0n) is 17.7. The van der Waals surface area contributed by atoms with Gasteiger partial charge >= 0.3 is 12.3 Å². The molecule has 4 rings (SSSR count). The summed E-state index contributed by atoms with van der Waals surface area (Å²) in [6.07, 6.45) is -0.813. The van der Waals surface area contributed by atoms with Gasteiger partial charge in [-0.3, -0.25) is 9.69 Å². The summed E-state index contributed by atoms with van der Waals surface area (Å²) in [5.41, 5.74) is -0.455. The Morgan fingerprint density at radius 1 is 1.06 bits per heavy atom. The highest BCUT2D eigenvalue weighted by Crippen LogP contribution is 2.32. The summed E-state index contributed by atoms with van der Waals surface area (Å²) in [5.74, 6) is -0.101. The predicted octanol–water partition coefficient (Wildman–Crippen LogP) is 2.44. The highest BCUT2D eigenvalue weighted by atomic mass is 19.4. The molecule has 0 bridgehead atoms. The van der Waals surface area contributed by atoms with Crippen molar-refractivity contribution >= 4 is 28.7 Å². The maximum atomic E-state index is 13.0. The van der Waals surface area contributed by atoms with Crippen molar-refractivity contribution in [1.82, 2.24) is 25.5 Å². The SMILES string of the molecule is O=C(O)NC1CCC(N2CC(NC(=O)CNc3ncnc4ccc(C(F)(F)F)cc34)C2)CC1. The third-order valence-corrected chi connectivity index (χ3v) is 6.19. The summed E-state index contributed by atoms with van der Waals surface area (Å²) < 4.78 is 39.1. The van der Waals surface area contributed by atoms with Crippen LogP contribution in [0.3, 0.4) is 0 Å². The molecule has 1 saturated heterocycles. The second kappa shape index (κ2) is 9.38. The van der Waals surface area contributed by atoms with Crippen LogP contribution in [0.1, 0.15) is 31.2 Å². The highest BCUT2D eigenvalue weighted by molar-refractivity contribution is 5.91. The maximum Gasteiger partial charge on any atom is 0.416 e. The maximum absolute atomic E-state index is 13.0. The minimum atomic E-state index is -4.49. The number of anilines is 1. The molecule has 0 atom stereocenters. The Morgan fingerprint density at radius 2 is 1.79 bits per heavy atom. The van der Waals surface area contributed by atoms with Crippen molar-refractivity contribution in [3.8, 4) is 0 Å². The van der Waals surface area contributed by atoms with Crippen molar-refractivity contribution in [3.05, 3.63) is 30.1 Å². The van der Waals surface area contributed by atoms with Gasteiger partial charge in [0.1, 0.15) is 12.1 Å². The molecule has 9 nitrogen and oxygen atoms in total. The van der Waals surface area contributed by atoms with Gasteiger partial charge in [-0.25, -0.2) is 14.8 Å². The lowest BCUT2D eigenvalue weighted by atomic mass is 9.88. The number of nitrogens with zero attached hydrogens (tertiary/aromatic N) is 3. The number of amides is 2. The minimum Gasteiger partial charge on any atom is -0.465 e. The monoisotopic (exact) mass is 466 g/mol. The molecule has 2 aromatic rings. The molecule has 0 radical (unpaired) electrons. The van der Waals surface area contributed by atoms with Crippen molar-refractivity contribution in [2.75, 3.05) is 25.0 Å². The summed E-state index contributed by atoms with van der Waals surface area (Å²) in [7, 11) is 0. The van der Waals surface area contributed by atoms with E-state index < -0.39 is 17.8 Å². The van der Waals surface area contributed by atoms with Crippen molar-refractivity contribution in [2.45, 2.75) is 50.0 Å². The van der Waals surface area contributed by atoms with E-state index in [1.165, 1.54) is 12.4 Å². The van der Waals surface area contributed by atoms with E-state index in [1.54, 1.807) is 0 Å². The highest BCUT2D eigenvalue weighted by Gasteiger charge is 2.35. The molecule has 2 heterocycles. The third kappa shape index (κ3) is 5.62. The van der Waals surface area contributed by atoms with E-state index in [2.05, 4.69) is 30.8 Å². The fourth-order valence-electron chi connectivity index (χ4n) is 4.48. The lowest BCUT2D eigenvalue weighted by Crippen LogP contribution is -2.63. The Balaban J connectivity index is 1.24. The van der Waals surface area contributed by atoms with Gasteiger partial charge in [-0.15, -0.1) is 0 Å². The van der Waals surface area contributed by atoms with Crippen LogP contribution in [0.15, 0.2) is 24.5 Å². The van der Waals surface area contributed by atoms with Crippen molar-refractivity contribution < 1.29 is 27.9 Å². The summed E-state index contributed by atoms with van der Waals surface area (Å²) in [6.45, 7) is 1.32. The number of carboxylic acid groups (broad SMARTS) is 1. The van der Waals surface area contributed by atoms with Crippen molar-refractivity contribution in [3.63, 3.8) is 0 Å². The first kappa shape index (κ1) is 23.0. The molecule has 1 saturated carbocycles. The summed E-state index contributed by atoms with van der Waals surface area (Å²) in [4.78, 5) is 33.3. The molecule has 1 aliphatic carbocycles. The molecular weight excluding hydrogens is 441 g/mol. The summed E-state index contributed by atoms with van der Waals surface area (Å²) >= 11 is 0. The summed E-state index contributed by atoms with van der Waals surface area (Å²) in [6, 6.07) is 3.61. The molecule has 33 heavy (non-hydrogen) atoms. The largest absolute Gasteiger partial charge is 0.465 e. The Labute approximate surface area is 187 Å². The smallest absolute Gasteiger partial charge is 0.416 e. The second-order valence-corrected chi connectivity index (χ2v) is 8.48. The molecule has 2 aliphatic rings. The number of halogens is 3. The predicted molar refractivity (Wildman–Crippen MR) is 114 cm³/mol. The van der Waals surface area contributed by atoms with Crippen LogP contribution in [0.4, 0.5) is 23.8 Å². The lowest BCUT2D eigenvalue weighted by molar-refractivity contribution is -0.137. The van der Waals surface area contributed by atoms with Crippen molar-refractivity contribution in [1.29, 1.82) is 0 Å². The minimum absolute atomic E-state index is 0.00619. The Bertz CT molecular complexity index is 1020. The number of fused-ring (bicyclic) bond motifs is 1. The molecule has 1 aromatic carbocycles. The van der Waals surface area contributed by atoms with E-state index in [1.807, 2.05) is 0 Å². The van der Waals surface area contributed by atoms with Gasteiger partial charge in [0.25, 0.3) is 0 Å². The number of likely N-dealkylation sites (tertiary alicyclic amines) is 1. The first-order valence-electron chi connectivity index (χ1n) is 10.8. The molecule has 1 aromatic heterocycles. The number of benzene rings is 1.